The van der Waals surface area contributed by atoms with Crippen molar-refractivity contribution in [2.75, 3.05) is 14.2 Å². The smallest absolute Gasteiger partial charge is 0.257 e. The average molecular weight is 366 g/mol. The van der Waals surface area contributed by atoms with Crippen LogP contribution >= 0.6 is 0 Å². The van der Waals surface area contributed by atoms with Gasteiger partial charge in [0.1, 0.15) is 11.6 Å². The Morgan fingerprint density at radius 1 is 1.20 bits per heavy atom. The number of methoxy groups -OCH3 is 1. The number of ether oxygens (including phenoxy) is 1. The van der Waals surface area contributed by atoms with Crippen molar-refractivity contribution in [3.63, 3.8) is 0 Å². The van der Waals surface area contributed by atoms with Crippen LogP contribution in [0.4, 0.5) is 4.39 Å². The van der Waals surface area contributed by atoms with E-state index in [0.29, 0.717) is 11.3 Å². The summed E-state index contributed by atoms with van der Waals surface area (Å²) in [5.74, 6) is -0.848. The van der Waals surface area contributed by atoms with Gasteiger partial charge in [-0.2, -0.15) is 0 Å². The molecule has 134 valence electrons. The number of carbonyl (C=O) groups is 1. The van der Waals surface area contributed by atoms with Crippen LogP contribution in [0.5, 0.6) is 5.75 Å². The first-order valence-corrected chi connectivity index (χ1v) is 8.93. The van der Waals surface area contributed by atoms with E-state index < -0.39 is 27.8 Å². The molecule has 8 heteroatoms. The van der Waals surface area contributed by atoms with Crippen molar-refractivity contribution in [3.05, 3.63) is 59.4 Å². The lowest BCUT2D eigenvalue weighted by Crippen LogP contribution is -2.30. The monoisotopic (exact) mass is 366 g/mol. The Morgan fingerprint density at radius 2 is 1.80 bits per heavy atom. The second kappa shape index (κ2) is 7.20. The lowest BCUT2D eigenvalue weighted by molar-refractivity contribution is 0.0738. The van der Waals surface area contributed by atoms with Crippen LogP contribution in [-0.2, 0) is 10.0 Å². The fourth-order valence-corrected chi connectivity index (χ4v) is 2.84. The minimum absolute atomic E-state index is 0.0152. The van der Waals surface area contributed by atoms with Crippen molar-refractivity contribution in [3.8, 4) is 5.75 Å². The average Bonchev–Trinajstić information content (AvgIpc) is 2.59. The lowest BCUT2D eigenvalue weighted by Gasteiger charge is -2.26. The number of primary sulfonamides is 1. The van der Waals surface area contributed by atoms with Crippen molar-refractivity contribution >= 4 is 15.9 Å². The fourth-order valence-electron chi connectivity index (χ4n) is 2.32. The highest BCUT2D eigenvalue weighted by atomic mass is 32.2. The number of nitrogens with two attached hydrogens (primary N) is 1. The Labute approximate surface area is 146 Å². The number of amides is 1. The van der Waals surface area contributed by atoms with Crippen molar-refractivity contribution in [1.82, 2.24) is 4.90 Å². The van der Waals surface area contributed by atoms with Crippen LogP contribution in [0.25, 0.3) is 0 Å². The molecule has 0 spiro atoms. The van der Waals surface area contributed by atoms with Gasteiger partial charge in [0.15, 0.2) is 0 Å². The maximum absolute atomic E-state index is 14.1. The summed E-state index contributed by atoms with van der Waals surface area (Å²) in [6.07, 6.45) is 0. The Morgan fingerprint density at radius 3 is 2.28 bits per heavy atom. The summed E-state index contributed by atoms with van der Waals surface area (Å²) in [7, 11) is -0.821. The highest BCUT2D eigenvalue weighted by Crippen LogP contribution is 2.24. The molecule has 0 aromatic heterocycles. The molecule has 6 nitrogen and oxygen atoms in total. The lowest BCUT2D eigenvalue weighted by atomic mass is 10.1. The molecular formula is C17H19FN2O4S. The van der Waals surface area contributed by atoms with Gasteiger partial charge in [0, 0.05) is 13.1 Å². The second-order valence-electron chi connectivity index (χ2n) is 5.55. The summed E-state index contributed by atoms with van der Waals surface area (Å²) >= 11 is 0. The van der Waals surface area contributed by atoms with Gasteiger partial charge >= 0.3 is 0 Å². The van der Waals surface area contributed by atoms with E-state index in [1.165, 1.54) is 36.3 Å². The van der Waals surface area contributed by atoms with Crippen LogP contribution in [0.1, 0.15) is 28.9 Å². The quantitative estimate of drug-likeness (QED) is 0.879. The molecule has 0 aliphatic heterocycles. The van der Waals surface area contributed by atoms with E-state index in [-0.39, 0.29) is 10.5 Å². The van der Waals surface area contributed by atoms with Gasteiger partial charge in [-0.3, -0.25) is 4.79 Å². The molecule has 0 heterocycles. The normalized spacial score (nSPS) is 12.5. The van der Waals surface area contributed by atoms with E-state index in [0.717, 1.165) is 6.07 Å². The zero-order valence-electron chi connectivity index (χ0n) is 14.1. The molecule has 2 rings (SSSR count). The molecule has 1 atom stereocenters. The number of sulfonamides is 1. The molecule has 0 radical (unpaired) electrons. The van der Waals surface area contributed by atoms with Crippen LogP contribution in [0.2, 0.25) is 0 Å². The first-order chi connectivity index (χ1) is 11.6. The zero-order chi connectivity index (χ0) is 18.8. The first kappa shape index (κ1) is 18.9. The number of benzene rings is 2. The van der Waals surface area contributed by atoms with Gasteiger partial charge in [-0.15, -0.1) is 0 Å². The number of halogens is 1. The van der Waals surface area contributed by atoms with Crippen molar-refractivity contribution in [2.24, 2.45) is 5.14 Å². The molecule has 2 aromatic carbocycles. The molecule has 2 aromatic rings. The third-order valence-electron chi connectivity index (χ3n) is 4.00. The van der Waals surface area contributed by atoms with Gasteiger partial charge in [0.25, 0.3) is 5.91 Å². The molecule has 0 saturated heterocycles. The van der Waals surface area contributed by atoms with E-state index in [9.17, 15) is 17.6 Å². The third kappa shape index (κ3) is 4.15. The van der Waals surface area contributed by atoms with E-state index in [2.05, 4.69) is 0 Å². The van der Waals surface area contributed by atoms with E-state index in [1.807, 2.05) is 0 Å². The molecule has 1 amide bonds. The predicted octanol–water partition coefficient (Wildman–Crippen LogP) is 2.31. The molecule has 0 aliphatic rings. The summed E-state index contributed by atoms with van der Waals surface area (Å²) < 4.78 is 41.6. The molecule has 2 N–H and O–H groups in total. The van der Waals surface area contributed by atoms with Gasteiger partial charge in [0.2, 0.25) is 10.0 Å². The van der Waals surface area contributed by atoms with Gasteiger partial charge in [0.05, 0.1) is 23.6 Å². The van der Waals surface area contributed by atoms with E-state index in [4.69, 9.17) is 9.88 Å². The summed E-state index contributed by atoms with van der Waals surface area (Å²) in [5.41, 5.74) is 0.619. The van der Waals surface area contributed by atoms with Gasteiger partial charge < -0.3 is 9.64 Å². The van der Waals surface area contributed by atoms with Crippen LogP contribution in [0.3, 0.4) is 0 Å². The Bertz CT molecular complexity index is 882. The minimum Gasteiger partial charge on any atom is -0.497 e. The van der Waals surface area contributed by atoms with Crippen LogP contribution < -0.4 is 9.88 Å². The molecule has 1 unspecified atom stereocenters. The maximum Gasteiger partial charge on any atom is 0.257 e. The van der Waals surface area contributed by atoms with Gasteiger partial charge in [-0.05, 0) is 36.8 Å². The maximum atomic E-state index is 14.1. The molecule has 0 aliphatic carbocycles. The summed E-state index contributed by atoms with van der Waals surface area (Å²) in [5, 5.41) is 5.06. The number of rotatable bonds is 5. The van der Waals surface area contributed by atoms with Crippen LogP contribution in [-0.4, -0.2) is 33.4 Å². The Balaban J connectivity index is 2.24. The number of carbonyl (C=O) groups excluding carboxylic acids is 1. The van der Waals surface area contributed by atoms with Gasteiger partial charge in [-0.1, -0.05) is 12.1 Å². The summed E-state index contributed by atoms with van der Waals surface area (Å²) in [6.45, 7) is 1.76. The molecule has 0 saturated carbocycles. The number of hydrogen-bond donors (Lipinski definition) is 1. The summed E-state index contributed by atoms with van der Waals surface area (Å²) in [6, 6.07) is 9.49. The fraction of sp³-hybridized carbons (Fsp3) is 0.235. The van der Waals surface area contributed by atoms with E-state index in [1.54, 1.807) is 26.1 Å². The standard InChI is InChI=1S/C17H19FN2O4S/c1-11(12-4-7-14(8-5-12)25(19,22)23)20(2)17(21)15-9-6-13(24-3)10-16(15)18/h4-11H,1-3H3,(H2,19,22,23). The van der Waals surface area contributed by atoms with Crippen molar-refractivity contribution in [2.45, 2.75) is 17.9 Å². The van der Waals surface area contributed by atoms with E-state index >= 15 is 0 Å². The number of nitrogens with zero attached hydrogens (tertiary/aromatic N) is 1. The molecule has 25 heavy (non-hydrogen) atoms. The van der Waals surface area contributed by atoms with Crippen LogP contribution in [0, 0.1) is 5.82 Å². The topological polar surface area (TPSA) is 89.7 Å². The van der Waals surface area contributed by atoms with Crippen molar-refractivity contribution < 1.29 is 22.3 Å². The van der Waals surface area contributed by atoms with Crippen LogP contribution in [0.15, 0.2) is 47.4 Å². The zero-order valence-corrected chi connectivity index (χ0v) is 14.9. The Kier molecular flexibility index (Phi) is 5.44. The summed E-state index contributed by atoms with van der Waals surface area (Å²) in [4.78, 5) is 13.9. The highest BCUT2D eigenvalue weighted by Gasteiger charge is 2.22. The first-order valence-electron chi connectivity index (χ1n) is 7.38. The molecular weight excluding hydrogens is 347 g/mol. The SMILES string of the molecule is COc1ccc(C(=O)N(C)C(C)c2ccc(S(N)(=O)=O)cc2)c(F)c1. The second-order valence-corrected chi connectivity index (χ2v) is 7.11. The largest absolute Gasteiger partial charge is 0.497 e. The predicted molar refractivity (Wildman–Crippen MR) is 91.3 cm³/mol. The molecule has 0 bridgehead atoms. The molecule has 0 fully saturated rings. The van der Waals surface area contributed by atoms with Crippen molar-refractivity contribution in [1.29, 1.82) is 0 Å². The highest BCUT2D eigenvalue weighted by molar-refractivity contribution is 7.89. The van der Waals surface area contributed by atoms with Gasteiger partial charge in [-0.25, -0.2) is 17.9 Å². The third-order valence-corrected chi connectivity index (χ3v) is 4.93. The Hall–Kier alpha value is -2.45. The minimum atomic E-state index is -3.78. The number of hydrogen-bond acceptors (Lipinski definition) is 4.